The molecule has 3 N–H and O–H groups in total. The number of nitrogens with zero attached hydrogens (tertiary/aromatic N) is 1. The summed E-state index contributed by atoms with van der Waals surface area (Å²) in [7, 11) is 2.02. The third kappa shape index (κ3) is 2.36. The van der Waals surface area contributed by atoms with Crippen LogP contribution in [-0.2, 0) is 13.6 Å². The van der Waals surface area contributed by atoms with Crippen molar-refractivity contribution in [2.45, 2.75) is 6.54 Å². The molecule has 0 amide bonds. The minimum absolute atomic E-state index is 0.255. The third-order valence-electron chi connectivity index (χ3n) is 3.74. The Balaban J connectivity index is 1.94. The van der Waals surface area contributed by atoms with Crippen LogP contribution in [0.1, 0.15) is 11.3 Å². The van der Waals surface area contributed by atoms with Crippen LogP contribution in [0.25, 0.3) is 10.9 Å². The van der Waals surface area contributed by atoms with Crippen molar-refractivity contribution in [1.29, 1.82) is 5.41 Å². The molecule has 0 aliphatic carbocycles. The summed E-state index contributed by atoms with van der Waals surface area (Å²) in [5.74, 6) is 0.255. The van der Waals surface area contributed by atoms with Gasteiger partial charge in [-0.2, -0.15) is 0 Å². The molecule has 0 aliphatic rings. The van der Waals surface area contributed by atoms with Crippen LogP contribution in [0.2, 0.25) is 0 Å². The molecule has 0 atom stereocenters. The fourth-order valence-electron chi connectivity index (χ4n) is 2.62. The van der Waals surface area contributed by atoms with Gasteiger partial charge in [0.2, 0.25) is 0 Å². The Labute approximate surface area is 123 Å². The number of phenolic OH excluding ortho intramolecular Hbond substituents is 1. The highest BCUT2D eigenvalue weighted by molar-refractivity contribution is 6.00. The molecule has 1 aromatic heterocycles. The van der Waals surface area contributed by atoms with Crippen molar-refractivity contribution in [1.82, 2.24) is 4.57 Å². The number of fused-ring (bicyclic) bond motifs is 1. The van der Waals surface area contributed by atoms with E-state index in [9.17, 15) is 5.11 Å². The van der Waals surface area contributed by atoms with Gasteiger partial charge in [-0.15, -0.1) is 0 Å². The zero-order valence-electron chi connectivity index (χ0n) is 11.8. The number of phenols is 1. The van der Waals surface area contributed by atoms with Crippen LogP contribution in [-0.4, -0.2) is 15.9 Å². The lowest BCUT2D eigenvalue weighted by molar-refractivity contribution is 0.475. The van der Waals surface area contributed by atoms with E-state index in [4.69, 9.17) is 5.41 Å². The number of aromatic nitrogens is 1. The predicted octanol–water partition coefficient (Wildman–Crippen LogP) is 3.49. The van der Waals surface area contributed by atoms with Crippen LogP contribution in [0, 0.1) is 5.41 Å². The molecule has 0 spiro atoms. The van der Waals surface area contributed by atoms with Crippen molar-refractivity contribution in [3.63, 3.8) is 0 Å². The molecule has 3 rings (SSSR count). The van der Waals surface area contributed by atoms with Crippen LogP contribution in [0.15, 0.2) is 48.5 Å². The fourth-order valence-corrected chi connectivity index (χ4v) is 2.62. The number of benzene rings is 2. The molecule has 0 unspecified atom stereocenters. The lowest BCUT2D eigenvalue weighted by Gasteiger charge is -2.09. The van der Waals surface area contributed by atoms with E-state index in [-0.39, 0.29) is 5.75 Å². The van der Waals surface area contributed by atoms with Crippen LogP contribution in [0.5, 0.6) is 5.75 Å². The third-order valence-corrected chi connectivity index (χ3v) is 3.74. The molecule has 3 aromatic rings. The van der Waals surface area contributed by atoms with E-state index in [0.29, 0.717) is 6.54 Å². The molecule has 106 valence electrons. The molecule has 0 saturated carbocycles. The molecule has 0 saturated heterocycles. The summed E-state index contributed by atoms with van der Waals surface area (Å²) in [6.45, 7) is 0.626. The highest BCUT2D eigenvalue weighted by Gasteiger charge is 2.12. The van der Waals surface area contributed by atoms with Crippen molar-refractivity contribution >= 4 is 22.8 Å². The lowest BCUT2D eigenvalue weighted by atomic mass is 10.1. The summed E-state index contributed by atoms with van der Waals surface area (Å²) in [4.78, 5) is 0. The topological polar surface area (TPSA) is 61.0 Å². The number of anilines is 1. The van der Waals surface area contributed by atoms with Gasteiger partial charge in [0.25, 0.3) is 0 Å². The Bertz CT molecular complexity index is 788. The van der Waals surface area contributed by atoms with Crippen molar-refractivity contribution < 1.29 is 5.11 Å². The number of rotatable bonds is 4. The molecule has 21 heavy (non-hydrogen) atoms. The van der Waals surface area contributed by atoms with Crippen LogP contribution in [0.4, 0.5) is 5.69 Å². The van der Waals surface area contributed by atoms with Gasteiger partial charge in [-0.3, -0.25) is 0 Å². The van der Waals surface area contributed by atoms with E-state index in [1.165, 1.54) is 6.21 Å². The smallest absolute Gasteiger partial charge is 0.115 e. The zero-order valence-corrected chi connectivity index (χ0v) is 11.8. The van der Waals surface area contributed by atoms with Crippen LogP contribution >= 0.6 is 0 Å². The maximum Gasteiger partial charge on any atom is 0.115 e. The maximum absolute atomic E-state index is 9.30. The summed E-state index contributed by atoms with van der Waals surface area (Å²) in [5, 5.41) is 21.4. The fraction of sp³-hybridized carbons (Fsp3) is 0.118. The number of hydrogen-bond donors (Lipinski definition) is 3. The predicted molar refractivity (Wildman–Crippen MR) is 86.2 cm³/mol. The minimum atomic E-state index is 0.255. The molecule has 4 heteroatoms. The molecule has 1 heterocycles. The second-order valence-electron chi connectivity index (χ2n) is 4.98. The zero-order chi connectivity index (χ0) is 14.8. The van der Waals surface area contributed by atoms with Gasteiger partial charge in [0.05, 0.1) is 6.54 Å². The average Bonchev–Trinajstić information content (AvgIpc) is 2.79. The minimum Gasteiger partial charge on any atom is -0.508 e. The van der Waals surface area contributed by atoms with Crippen molar-refractivity contribution in [2.24, 2.45) is 7.05 Å². The largest absolute Gasteiger partial charge is 0.508 e. The molecular formula is C17H17N3O. The molecule has 0 aliphatic heterocycles. The number of hydrogen-bond acceptors (Lipinski definition) is 3. The first-order chi connectivity index (χ1) is 10.2. The van der Waals surface area contributed by atoms with Gasteiger partial charge in [-0.1, -0.05) is 18.2 Å². The quantitative estimate of drug-likeness (QED) is 0.505. The first kappa shape index (κ1) is 13.2. The highest BCUT2D eigenvalue weighted by atomic mass is 16.3. The number of aryl methyl sites for hydroxylation is 1. The molecule has 0 fully saturated rings. The number of nitrogens with one attached hydrogen (secondary N) is 2. The number of aromatic hydroxyl groups is 1. The van der Waals surface area contributed by atoms with Gasteiger partial charge in [-0.25, -0.2) is 0 Å². The molecular weight excluding hydrogens is 262 g/mol. The molecule has 2 aromatic carbocycles. The first-order valence-corrected chi connectivity index (χ1v) is 6.80. The summed E-state index contributed by atoms with van der Waals surface area (Å²) in [6.07, 6.45) is 1.41. The molecule has 0 bridgehead atoms. The number of para-hydroxylation sites is 1. The van der Waals surface area contributed by atoms with Gasteiger partial charge < -0.3 is 20.4 Å². The van der Waals surface area contributed by atoms with Gasteiger partial charge >= 0.3 is 0 Å². The first-order valence-electron chi connectivity index (χ1n) is 6.80. The van der Waals surface area contributed by atoms with Gasteiger partial charge in [0, 0.05) is 41.1 Å². The van der Waals surface area contributed by atoms with Gasteiger partial charge in [-0.05, 0) is 30.3 Å². The summed E-state index contributed by atoms with van der Waals surface area (Å²) in [5.41, 5.74) is 4.08. The second-order valence-corrected chi connectivity index (χ2v) is 4.98. The van der Waals surface area contributed by atoms with Gasteiger partial charge in [0.15, 0.2) is 0 Å². The van der Waals surface area contributed by atoms with E-state index in [2.05, 4.69) is 16.0 Å². The summed E-state index contributed by atoms with van der Waals surface area (Å²) < 4.78 is 2.11. The Kier molecular flexibility index (Phi) is 3.36. The molecule has 0 radical (unpaired) electrons. The average molecular weight is 279 g/mol. The van der Waals surface area contributed by atoms with Crippen LogP contribution < -0.4 is 5.32 Å². The SMILES string of the molecule is Cn1c(CNc2ccc(O)cc2)c(C=N)c2ccccc21. The molecule has 4 nitrogen and oxygen atoms in total. The van der Waals surface area contributed by atoms with E-state index < -0.39 is 0 Å². The Morgan fingerprint density at radius 3 is 2.57 bits per heavy atom. The van der Waals surface area contributed by atoms with Crippen molar-refractivity contribution in [2.75, 3.05) is 5.32 Å². The van der Waals surface area contributed by atoms with E-state index in [1.54, 1.807) is 12.1 Å². The van der Waals surface area contributed by atoms with Crippen molar-refractivity contribution in [3.05, 3.63) is 59.8 Å². The Hall–Kier alpha value is -2.75. The van der Waals surface area contributed by atoms with E-state index in [1.807, 2.05) is 37.4 Å². The van der Waals surface area contributed by atoms with Crippen LogP contribution in [0.3, 0.4) is 0 Å². The Morgan fingerprint density at radius 1 is 1.14 bits per heavy atom. The highest BCUT2D eigenvalue weighted by Crippen LogP contribution is 2.25. The van der Waals surface area contributed by atoms with E-state index in [0.717, 1.165) is 27.8 Å². The normalized spacial score (nSPS) is 10.7. The van der Waals surface area contributed by atoms with Gasteiger partial charge in [0.1, 0.15) is 5.75 Å². The van der Waals surface area contributed by atoms with Crippen molar-refractivity contribution in [3.8, 4) is 5.75 Å². The monoisotopic (exact) mass is 279 g/mol. The summed E-state index contributed by atoms with van der Waals surface area (Å²) in [6, 6.07) is 15.1. The summed E-state index contributed by atoms with van der Waals surface area (Å²) >= 11 is 0. The maximum atomic E-state index is 9.30. The second kappa shape index (κ2) is 5.32. The standard InChI is InChI=1S/C17H17N3O/c1-20-16-5-3-2-4-14(16)15(10-18)17(20)11-19-12-6-8-13(21)9-7-12/h2-10,18-19,21H,11H2,1H3. The Morgan fingerprint density at radius 2 is 1.86 bits per heavy atom. The van der Waals surface area contributed by atoms with E-state index >= 15 is 0 Å². The lowest BCUT2D eigenvalue weighted by Crippen LogP contribution is -2.06.